The minimum atomic E-state index is -4.43. The SMILES string of the molecule is CSc1nc(C(C)Br)cc(C(F)(F)F)n1. The Kier molecular flexibility index (Phi) is 3.99. The minimum Gasteiger partial charge on any atom is -0.226 e. The Balaban J connectivity index is 3.23. The van der Waals surface area contributed by atoms with Gasteiger partial charge in [-0.1, -0.05) is 27.7 Å². The zero-order valence-corrected chi connectivity index (χ0v) is 10.4. The first kappa shape index (κ1) is 12.8. The van der Waals surface area contributed by atoms with Crippen LogP contribution in [0, 0.1) is 0 Å². The lowest BCUT2D eigenvalue weighted by Crippen LogP contribution is -2.11. The molecule has 1 aromatic rings. The van der Waals surface area contributed by atoms with Crippen LogP contribution in [0.3, 0.4) is 0 Å². The molecule has 2 nitrogen and oxygen atoms in total. The number of nitrogens with zero attached hydrogens (tertiary/aromatic N) is 2. The Bertz CT molecular complexity index is 354. The molecule has 0 spiro atoms. The molecule has 0 bridgehead atoms. The molecule has 84 valence electrons. The molecule has 0 amide bonds. The third-order valence-corrected chi connectivity index (χ3v) is 2.62. The smallest absolute Gasteiger partial charge is 0.226 e. The summed E-state index contributed by atoms with van der Waals surface area (Å²) in [6.07, 6.45) is -2.79. The normalized spacial score (nSPS) is 14.0. The first-order chi connectivity index (χ1) is 6.84. The maximum Gasteiger partial charge on any atom is 0.433 e. The van der Waals surface area contributed by atoms with Crippen molar-refractivity contribution in [3.05, 3.63) is 17.5 Å². The molecule has 0 fully saturated rings. The van der Waals surface area contributed by atoms with Crippen molar-refractivity contribution in [3.63, 3.8) is 0 Å². The fraction of sp³-hybridized carbons (Fsp3) is 0.500. The largest absolute Gasteiger partial charge is 0.433 e. The molecular weight excluding hydrogens is 293 g/mol. The Labute approximate surface area is 97.8 Å². The Morgan fingerprint density at radius 1 is 1.40 bits per heavy atom. The van der Waals surface area contributed by atoms with Gasteiger partial charge in [-0.15, -0.1) is 0 Å². The molecule has 0 N–H and O–H groups in total. The topological polar surface area (TPSA) is 25.8 Å². The van der Waals surface area contributed by atoms with E-state index in [0.29, 0.717) is 5.69 Å². The van der Waals surface area contributed by atoms with Gasteiger partial charge in [-0.3, -0.25) is 0 Å². The van der Waals surface area contributed by atoms with Gasteiger partial charge in [0, 0.05) is 0 Å². The maximum absolute atomic E-state index is 12.4. The van der Waals surface area contributed by atoms with Crippen LogP contribution in [0.4, 0.5) is 13.2 Å². The molecule has 0 radical (unpaired) electrons. The second-order valence-corrected chi connectivity index (χ2v) is 4.93. The minimum absolute atomic E-state index is 0.131. The van der Waals surface area contributed by atoms with Gasteiger partial charge in [0.05, 0.1) is 10.5 Å². The highest BCUT2D eigenvalue weighted by Crippen LogP contribution is 2.31. The number of alkyl halides is 4. The molecular formula is C8H8BrF3N2S. The van der Waals surface area contributed by atoms with E-state index in [9.17, 15) is 13.2 Å². The predicted octanol–water partition coefficient (Wildman–Crippen LogP) is 3.67. The second-order valence-electron chi connectivity index (χ2n) is 2.78. The van der Waals surface area contributed by atoms with E-state index < -0.39 is 11.9 Å². The first-order valence-electron chi connectivity index (χ1n) is 3.99. The van der Waals surface area contributed by atoms with Crippen molar-refractivity contribution >= 4 is 27.7 Å². The van der Waals surface area contributed by atoms with Crippen LogP contribution in [0.15, 0.2) is 11.2 Å². The molecule has 0 saturated heterocycles. The van der Waals surface area contributed by atoms with Gasteiger partial charge in [-0.25, -0.2) is 9.97 Å². The summed E-state index contributed by atoms with van der Waals surface area (Å²) >= 11 is 4.27. The molecule has 0 aliphatic carbocycles. The van der Waals surface area contributed by atoms with Gasteiger partial charge in [0.25, 0.3) is 0 Å². The van der Waals surface area contributed by atoms with Crippen LogP contribution in [0.5, 0.6) is 0 Å². The van der Waals surface area contributed by atoms with Gasteiger partial charge in [-0.05, 0) is 19.2 Å². The van der Waals surface area contributed by atoms with Crippen molar-refractivity contribution < 1.29 is 13.2 Å². The van der Waals surface area contributed by atoms with Crippen LogP contribution < -0.4 is 0 Å². The highest BCUT2D eigenvalue weighted by molar-refractivity contribution is 9.09. The maximum atomic E-state index is 12.4. The third kappa shape index (κ3) is 3.34. The number of aromatic nitrogens is 2. The summed E-state index contributed by atoms with van der Waals surface area (Å²) in [7, 11) is 0. The zero-order chi connectivity index (χ0) is 11.6. The van der Waals surface area contributed by atoms with Gasteiger partial charge in [-0.2, -0.15) is 13.2 Å². The average molecular weight is 301 g/mol. The summed E-state index contributed by atoms with van der Waals surface area (Å²) in [6, 6.07) is 0.957. The number of hydrogen-bond donors (Lipinski definition) is 0. The number of hydrogen-bond acceptors (Lipinski definition) is 3. The van der Waals surface area contributed by atoms with E-state index in [4.69, 9.17) is 0 Å². The van der Waals surface area contributed by atoms with Gasteiger partial charge < -0.3 is 0 Å². The van der Waals surface area contributed by atoms with Crippen molar-refractivity contribution in [2.45, 2.75) is 23.1 Å². The fourth-order valence-electron chi connectivity index (χ4n) is 0.883. The van der Waals surface area contributed by atoms with Crippen LogP contribution in [-0.4, -0.2) is 16.2 Å². The molecule has 1 rings (SSSR count). The first-order valence-corrected chi connectivity index (χ1v) is 6.13. The lowest BCUT2D eigenvalue weighted by molar-refractivity contribution is -0.141. The summed E-state index contributed by atoms with van der Waals surface area (Å²) in [5.74, 6) is 0. The quantitative estimate of drug-likeness (QED) is 0.473. The Morgan fingerprint density at radius 2 is 2.00 bits per heavy atom. The van der Waals surface area contributed by atoms with Gasteiger partial charge in [0.1, 0.15) is 5.69 Å². The van der Waals surface area contributed by atoms with Gasteiger partial charge >= 0.3 is 6.18 Å². The van der Waals surface area contributed by atoms with E-state index in [1.165, 1.54) is 0 Å². The van der Waals surface area contributed by atoms with Crippen molar-refractivity contribution in [2.24, 2.45) is 0 Å². The molecule has 0 aliphatic rings. The van der Waals surface area contributed by atoms with E-state index in [2.05, 4.69) is 25.9 Å². The average Bonchev–Trinajstić information content (AvgIpc) is 2.15. The summed E-state index contributed by atoms with van der Waals surface area (Å²) in [5, 5.41) is 0.131. The van der Waals surface area contributed by atoms with Crippen LogP contribution in [0.2, 0.25) is 0 Å². The third-order valence-electron chi connectivity index (χ3n) is 1.61. The predicted molar refractivity (Wildman–Crippen MR) is 56.2 cm³/mol. The Hall–Kier alpha value is -0.300. The van der Waals surface area contributed by atoms with Crippen molar-refractivity contribution in [2.75, 3.05) is 6.26 Å². The highest BCUT2D eigenvalue weighted by atomic mass is 79.9. The molecule has 0 aromatic carbocycles. The van der Waals surface area contributed by atoms with Crippen molar-refractivity contribution in [3.8, 4) is 0 Å². The van der Waals surface area contributed by atoms with Crippen LogP contribution >= 0.6 is 27.7 Å². The molecule has 0 saturated carbocycles. The molecule has 1 unspecified atom stereocenters. The zero-order valence-electron chi connectivity index (χ0n) is 7.97. The molecule has 1 atom stereocenters. The number of thioether (sulfide) groups is 1. The fourth-order valence-corrected chi connectivity index (χ4v) is 1.50. The van der Waals surface area contributed by atoms with Crippen molar-refractivity contribution in [1.82, 2.24) is 9.97 Å². The molecule has 1 heterocycles. The molecule has 7 heteroatoms. The summed E-state index contributed by atoms with van der Waals surface area (Å²) in [4.78, 5) is 7.15. The van der Waals surface area contributed by atoms with Crippen LogP contribution in [0.25, 0.3) is 0 Å². The lowest BCUT2D eigenvalue weighted by Gasteiger charge is -2.10. The number of halogens is 4. The van der Waals surface area contributed by atoms with E-state index in [1.54, 1.807) is 13.2 Å². The van der Waals surface area contributed by atoms with Gasteiger partial charge in [0.15, 0.2) is 5.16 Å². The monoisotopic (exact) mass is 300 g/mol. The second kappa shape index (κ2) is 4.69. The standard InChI is InChI=1S/C8H8BrF3N2S/c1-4(9)5-3-6(8(10,11)12)14-7(13-5)15-2/h3-4H,1-2H3. The summed E-state index contributed by atoms with van der Waals surface area (Å²) in [6.45, 7) is 1.71. The lowest BCUT2D eigenvalue weighted by atomic mass is 10.2. The molecule has 0 aliphatic heterocycles. The highest BCUT2D eigenvalue weighted by Gasteiger charge is 2.33. The molecule has 15 heavy (non-hydrogen) atoms. The van der Waals surface area contributed by atoms with Crippen molar-refractivity contribution in [1.29, 1.82) is 0 Å². The van der Waals surface area contributed by atoms with E-state index in [0.717, 1.165) is 17.8 Å². The van der Waals surface area contributed by atoms with E-state index >= 15 is 0 Å². The van der Waals surface area contributed by atoms with Crippen LogP contribution in [0.1, 0.15) is 23.1 Å². The molecule has 1 aromatic heterocycles. The van der Waals surface area contributed by atoms with Crippen LogP contribution in [-0.2, 0) is 6.18 Å². The van der Waals surface area contributed by atoms with E-state index in [1.807, 2.05) is 0 Å². The summed E-state index contributed by atoms with van der Waals surface area (Å²) < 4.78 is 37.3. The van der Waals surface area contributed by atoms with E-state index in [-0.39, 0.29) is 9.98 Å². The van der Waals surface area contributed by atoms with Gasteiger partial charge in [0.2, 0.25) is 0 Å². The Morgan fingerprint density at radius 3 is 2.40 bits per heavy atom. The number of rotatable bonds is 2. The summed E-state index contributed by atoms with van der Waals surface area (Å²) in [5.41, 5.74) is -0.565.